The molecule has 0 atom stereocenters. The van der Waals surface area contributed by atoms with Gasteiger partial charge < -0.3 is 32.7 Å². The molecule has 0 spiro atoms. The minimum absolute atomic E-state index is 0.0763. The summed E-state index contributed by atoms with van der Waals surface area (Å²) in [6.45, 7) is 4.39. The van der Waals surface area contributed by atoms with E-state index < -0.39 is 11.7 Å². The normalized spacial score (nSPS) is 10.2. The lowest BCUT2D eigenvalue weighted by atomic mass is 10.1. The van der Waals surface area contributed by atoms with Crippen molar-refractivity contribution in [2.45, 2.75) is 0 Å². The molecular formula is C23H23ClN8O3. The van der Waals surface area contributed by atoms with Crippen molar-refractivity contribution >= 4 is 63.7 Å². The molecule has 12 heteroatoms. The fraction of sp³-hybridized carbons (Fsp3) is 0.0870. The van der Waals surface area contributed by atoms with E-state index in [0.29, 0.717) is 35.8 Å². The lowest BCUT2D eigenvalue weighted by Gasteiger charge is -2.15. The number of carbonyl (C=O) groups is 3. The van der Waals surface area contributed by atoms with Crippen LogP contribution in [0.1, 0.15) is 10.4 Å². The molecule has 3 aromatic rings. The number of primary amides is 1. The van der Waals surface area contributed by atoms with Crippen LogP contribution in [0.4, 0.5) is 34.5 Å². The Kier molecular flexibility index (Phi) is 8.33. The number of hydrogen-bond donors (Lipinski definition) is 6. The van der Waals surface area contributed by atoms with Crippen molar-refractivity contribution in [2.75, 3.05) is 34.4 Å². The third-order valence-electron chi connectivity index (χ3n) is 4.57. The quantitative estimate of drug-likeness (QED) is 0.133. The van der Waals surface area contributed by atoms with Gasteiger partial charge in [-0.1, -0.05) is 30.3 Å². The molecule has 0 unspecified atom stereocenters. The van der Waals surface area contributed by atoms with Gasteiger partial charge >= 0.3 is 0 Å². The van der Waals surface area contributed by atoms with E-state index in [2.05, 4.69) is 37.8 Å². The van der Waals surface area contributed by atoms with Gasteiger partial charge in [-0.25, -0.2) is 4.98 Å². The Morgan fingerprint density at radius 3 is 2.54 bits per heavy atom. The molecule has 0 radical (unpaired) electrons. The van der Waals surface area contributed by atoms with Crippen LogP contribution in [-0.2, 0) is 9.59 Å². The van der Waals surface area contributed by atoms with Gasteiger partial charge in [-0.3, -0.25) is 14.4 Å². The molecule has 0 saturated carbocycles. The van der Waals surface area contributed by atoms with Gasteiger partial charge in [0.1, 0.15) is 5.02 Å². The Bertz CT molecular complexity index is 1280. The number of carbonyl (C=O) groups excluding carboxylic acids is 3. The van der Waals surface area contributed by atoms with Gasteiger partial charge in [0.2, 0.25) is 11.9 Å². The number of hydrogen-bond acceptors (Lipinski definition) is 9. The summed E-state index contributed by atoms with van der Waals surface area (Å²) in [5, 5.41) is 12.0. The number of nitrogens with one attached hydrogen (secondary N) is 4. The fourth-order valence-corrected chi connectivity index (χ4v) is 3.10. The predicted molar refractivity (Wildman–Crippen MR) is 136 cm³/mol. The molecule has 2 amide bonds. The highest BCUT2D eigenvalue weighted by Crippen LogP contribution is 2.29. The van der Waals surface area contributed by atoms with Crippen LogP contribution in [0.25, 0.3) is 0 Å². The first kappa shape index (κ1) is 25.1. The Labute approximate surface area is 206 Å². The first-order valence-corrected chi connectivity index (χ1v) is 10.7. The second-order valence-corrected chi connectivity index (χ2v) is 7.46. The first-order chi connectivity index (χ1) is 16.8. The zero-order valence-corrected chi connectivity index (χ0v) is 19.2. The first-order valence-electron chi connectivity index (χ1n) is 10.3. The number of rotatable bonds is 11. The van der Waals surface area contributed by atoms with E-state index in [1.807, 2.05) is 0 Å². The molecule has 0 saturated heterocycles. The number of amides is 2. The van der Waals surface area contributed by atoms with E-state index >= 15 is 0 Å². The molecule has 35 heavy (non-hydrogen) atoms. The number of nitrogens with zero attached hydrogens (tertiary/aromatic N) is 2. The minimum atomic E-state index is -1.08. The average molecular weight is 495 g/mol. The molecular weight excluding hydrogens is 472 g/mol. The molecule has 8 N–H and O–H groups in total. The van der Waals surface area contributed by atoms with Gasteiger partial charge in [-0.15, -0.1) is 0 Å². The van der Waals surface area contributed by atoms with Crippen LogP contribution < -0.4 is 32.7 Å². The molecule has 1 aromatic heterocycles. The van der Waals surface area contributed by atoms with Crippen molar-refractivity contribution in [1.82, 2.24) is 9.97 Å². The maximum Gasteiger partial charge on any atom is 0.289 e. The van der Waals surface area contributed by atoms with E-state index in [9.17, 15) is 14.4 Å². The van der Waals surface area contributed by atoms with Crippen LogP contribution >= 0.6 is 11.6 Å². The van der Waals surface area contributed by atoms with Crippen molar-refractivity contribution < 1.29 is 14.4 Å². The molecule has 0 aliphatic carbocycles. The lowest BCUT2D eigenvalue weighted by molar-refractivity contribution is -0.114. The number of aromatic nitrogens is 2. The third-order valence-corrected chi connectivity index (χ3v) is 4.85. The fourth-order valence-electron chi connectivity index (χ4n) is 2.96. The van der Waals surface area contributed by atoms with Crippen LogP contribution in [0.15, 0.2) is 61.3 Å². The van der Waals surface area contributed by atoms with E-state index in [1.54, 1.807) is 36.4 Å². The second-order valence-electron chi connectivity index (χ2n) is 7.05. The Hall–Kier alpha value is -4.48. The molecule has 3 rings (SSSR count). The second kappa shape index (κ2) is 11.6. The van der Waals surface area contributed by atoms with Gasteiger partial charge in [-0.2, -0.15) is 4.98 Å². The smallest absolute Gasteiger partial charge is 0.289 e. The SMILES string of the molecule is C=CC(=O)Nc1cc(Nc2ncc(Cl)c(Nc3ccccc3C(=O)C(N)=O)n2)ccc1NCCN. The number of benzene rings is 2. The highest BCUT2D eigenvalue weighted by Gasteiger charge is 2.18. The molecule has 0 bridgehead atoms. The summed E-state index contributed by atoms with van der Waals surface area (Å²) >= 11 is 6.24. The van der Waals surface area contributed by atoms with E-state index in [-0.39, 0.29) is 28.3 Å². The van der Waals surface area contributed by atoms with E-state index in [1.165, 1.54) is 12.3 Å². The van der Waals surface area contributed by atoms with Gasteiger partial charge in [0, 0.05) is 18.8 Å². The zero-order valence-electron chi connectivity index (χ0n) is 18.5. The summed E-state index contributed by atoms with van der Waals surface area (Å²) in [4.78, 5) is 43.9. The van der Waals surface area contributed by atoms with Crippen molar-refractivity contribution in [3.63, 3.8) is 0 Å². The van der Waals surface area contributed by atoms with Crippen molar-refractivity contribution in [3.8, 4) is 0 Å². The Morgan fingerprint density at radius 1 is 1.06 bits per heavy atom. The van der Waals surface area contributed by atoms with E-state index in [0.717, 1.165) is 6.08 Å². The van der Waals surface area contributed by atoms with E-state index in [4.69, 9.17) is 23.1 Å². The summed E-state index contributed by atoms with van der Waals surface area (Å²) in [6.07, 6.45) is 2.53. The summed E-state index contributed by atoms with van der Waals surface area (Å²) in [5.41, 5.74) is 12.8. The average Bonchev–Trinajstić information content (AvgIpc) is 2.85. The highest BCUT2D eigenvalue weighted by molar-refractivity contribution is 6.43. The summed E-state index contributed by atoms with van der Waals surface area (Å²) in [5.74, 6) is -1.95. The van der Waals surface area contributed by atoms with Gasteiger partial charge in [0.25, 0.3) is 11.7 Å². The molecule has 180 valence electrons. The summed E-state index contributed by atoms with van der Waals surface area (Å²) in [7, 11) is 0. The van der Waals surface area contributed by atoms with Crippen molar-refractivity contribution in [3.05, 3.63) is 71.9 Å². The number of para-hydroxylation sites is 1. The number of anilines is 6. The van der Waals surface area contributed by atoms with Crippen LogP contribution in [0.2, 0.25) is 5.02 Å². The largest absolute Gasteiger partial charge is 0.382 e. The van der Waals surface area contributed by atoms with Crippen molar-refractivity contribution in [1.29, 1.82) is 0 Å². The lowest BCUT2D eigenvalue weighted by Crippen LogP contribution is -2.23. The standard InChI is InChI=1S/C23H23ClN8O3/c1-2-19(33)30-18-11-13(7-8-17(18)27-10-9-25)29-23-28-12-15(24)22(32-23)31-16-6-4-3-5-14(16)20(34)21(26)35/h2-8,11-12,27H,1,9-10,25H2,(H2,26,35)(H,30,33)(H2,28,29,31,32). The number of nitrogens with two attached hydrogens (primary N) is 2. The van der Waals surface area contributed by atoms with Crippen LogP contribution in [0, 0.1) is 0 Å². The van der Waals surface area contributed by atoms with Gasteiger partial charge in [0.05, 0.1) is 28.8 Å². The van der Waals surface area contributed by atoms with Crippen LogP contribution in [0.3, 0.4) is 0 Å². The maximum absolute atomic E-state index is 12.1. The van der Waals surface area contributed by atoms with Crippen molar-refractivity contribution in [2.24, 2.45) is 11.5 Å². The number of Topliss-reactive ketones (excluding diaryl/α,β-unsaturated/α-hetero) is 1. The highest BCUT2D eigenvalue weighted by atomic mass is 35.5. The predicted octanol–water partition coefficient (Wildman–Crippen LogP) is 2.78. The zero-order chi connectivity index (χ0) is 25.4. The topological polar surface area (TPSA) is 177 Å². The number of halogens is 1. The molecule has 0 fully saturated rings. The number of ketones is 1. The summed E-state index contributed by atoms with van der Waals surface area (Å²) in [6, 6.07) is 11.5. The minimum Gasteiger partial charge on any atom is -0.382 e. The Balaban J connectivity index is 1.88. The molecule has 11 nitrogen and oxygen atoms in total. The monoisotopic (exact) mass is 494 g/mol. The summed E-state index contributed by atoms with van der Waals surface area (Å²) < 4.78 is 0. The molecule has 0 aliphatic heterocycles. The van der Waals surface area contributed by atoms with Gasteiger partial charge in [-0.05, 0) is 36.4 Å². The molecule has 2 aromatic carbocycles. The third kappa shape index (κ3) is 6.53. The maximum atomic E-state index is 12.1. The van der Waals surface area contributed by atoms with Gasteiger partial charge in [0.15, 0.2) is 5.82 Å². The molecule has 1 heterocycles. The molecule has 0 aliphatic rings. The van der Waals surface area contributed by atoms with Crippen LogP contribution in [0.5, 0.6) is 0 Å². The van der Waals surface area contributed by atoms with Crippen LogP contribution in [-0.4, -0.2) is 40.7 Å². The Morgan fingerprint density at radius 2 is 1.83 bits per heavy atom.